The molecule has 0 amide bonds. The van der Waals surface area contributed by atoms with Crippen molar-refractivity contribution in [2.45, 2.75) is 20.0 Å². The molecule has 4 heteroatoms. The zero-order valence-electron chi connectivity index (χ0n) is 12.3. The topological polar surface area (TPSA) is 39.1 Å². The van der Waals surface area contributed by atoms with Crippen LogP contribution in [0.3, 0.4) is 0 Å². The van der Waals surface area contributed by atoms with Gasteiger partial charge in [-0.3, -0.25) is 0 Å². The Morgan fingerprint density at radius 2 is 2.29 bits per heavy atom. The van der Waals surface area contributed by atoms with Crippen LogP contribution >= 0.6 is 0 Å². The molecule has 0 bridgehead atoms. The Hall–Kier alpha value is -2.25. The Kier molecular flexibility index (Phi) is 5.86. The van der Waals surface area contributed by atoms with E-state index in [4.69, 9.17) is 11.2 Å². The van der Waals surface area contributed by atoms with Gasteiger partial charge in [0.25, 0.3) is 0 Å². The minimum absolute atomic E-state index is 0.300. The highest BCUT2D eigenvalue weighted by Gasteiger charge is 2.05. The number of rotatable bonds is 8. The number of hydrogen-bond donors (Lipinski definition) is 1. The fourth-order valence-corrected chi connectivity index (χ4v) is 2.18. The second-order valence-electron chi connectivity index (χ2n) is 5.10. The van der Waals surface area contributed by atoms with Crippen molar-refractivity contribution in [1.82, 2.24) is 14.9 Å². The summed E-state index contributed by atoms with van der Waals surface area (Å²) < 4.78 is 7.63. The molecule has 0 fully saturated rings. The van der Waals surface area contributed by atoms with E-state index < -0.39 is 0 Å². The summed E-state index contributed by atoms with van der Waals surface area (Å²) in [5.74, 6) is 3.87. The molecule has 1 unspecified atom stereocenters. The van der Waals surface area contributed by atoms with E-state index in [1.807, 2.05) is 30.7 Å². The SMILES string of the molecule is C#CCOc1ccccc1CNCC(C)Cn1ccnc1. The van der Waals surface area contributed by atoms with Crippen LogP contribution in [0.1, 0.15) is 12.5 Å². The van der Waals surface area contributed by atoms with Gasteiger partial charge in [0.05, 0.1) is 6.33 Å². The molecule has 1 atom stereocenters. The van der Waals surface area contributed by atoms with Gasteiger partial charge in [0.2, 0.25) is 0 Å². The molecule has 1 aromatic heterocycles. The minimum Gasteiger partial charge on any atom is -0.481 e. The molecule has 0 aliphatic rings. The molecular formula is C17H21N3O. The standard InChI is InChI=1S/C17H21N3O/c1-3-10-21-17-7-5-4-6-16(17)12-19-11-15(2)13-20-9-8-18-14-20/h1,4-9,14-15,19H,10-13H2,2H3. The maximum absolute atomic E-state index is 5.54. The monoisotopic (exact) mass is 283 g/mol. The lowest BCUT2D eigenvalue weighted by Gasteiger charge is -2.14. The van der Waals surface area contributed by atoms with Crippen molar-refractivity contribution in [3.05, 3.63) is 48.5 Å². The first-order chi connectivity index (χ1) is 10.3. The van der Waals surface area contributed by atoms with Crippen LogP contribution in [0.25, 0.3) is 0 Å². The summed E-state index contributed by atoms with van der Waals surface area (Å²) >= 11 is 0. The summed E-state index contributed by atoms with van der Waals surface area (Å²) in [5.41, 5.74) is 1.13. The number of para-hydroxylation sites is 1. The number of benzene rings is 1. The Morgan fingerprint density at radius 3 is 3.05 bits per heavy atom. The van der Waals surface area contributed by atoms with Crippen LogP contribution in [-0.4, -0.2) is 22.7 Å². The van der Waals surface area contributed by atoms with Crippen molar-refractivity contribution in [2.75, 3.05) is 13.2 Å². The summed E-state index contributed by atoms with van der Waals surface area (Å²) in [6, 6.07) is 7.97. The molecule has 110 valence electrons. The number of nitrogens with zero attached hydrogens (tertiary/aromatic N) is 2. The van der Waals surface area contributed by atoms with Crippen molar-refractivity contribution < 1.29 is 4.74 Å². The average Bonchev–Trinajstić information content (AvgIpc) is 2.99. The third-order valence-corrected chi connectivity index (χ3v) is 3.17. The summed E-state index contributed by atoms with van der Waals surface area (Å²) in [7, 11) is 0. The van der Waals surface area contributed by atoms with Gasteiger partial charge in [-0.1, -0.05) is 31.0 Å². The van der Waals surface area contributed by atoms with Gasteiger partial charge in [0.1, 0.15) is 12.4 Å². The zero-order valence-corrected chi connectivity index (χ0v) is 12.3. The quantitative estimate of drug-likeness (QED) is 0.756. The van der Waals surface area contributed by atoms with Crippen LogP contribution in [-0.2, 0) is 13.1 Å². The van der Waals surface area contributed by atoms with E-state index in [0.717, 1.165) is 30.9 Å². The first kappa shape index (κ1) is 15.1. The fourth-order valence-electron chi connectivity index (χ4n) is 2.18. The molecule has 1 heterocycles. The Balaban J connectivity index is 1.79. The molecule has 0 aliphatic heterocycles. The van der Waals surface area contributed by atoms with Gasteiger partial charge in [-0.05, 0) is 18.5 Å². The highest BCUT2D eigenvalue weighted by molar-refractivity contribution is 5.33. The normalized spacial score (nSPS) is 11.8. The highest BCUT2D eigenvalue weighted by atomic mass is 16.5. The predicted octanol–water partition coefficient (Wildman–Crippen LogP) is 2.32. The smallest absolute Gasteiger partial charge is 0.148 e. The summed E-state index contributed by atoms with van der Waals surface area (Å²) in [4.78, 5) is 4.05. The molecule has 0 saturated heterocycles. The number of imidazole rings is 1. The van der Waals surface area contributed by atoms with Crippen molar-refractivity contribution in [2.24, 2.45) is 5.92 Å². The molecule has 4 nitrogen and oxygen atoms in total. The van der Waals surface area contributed by atoms with Crippen molar-refractivity contribution in [1.29, 1.82) is 0 Å². The first-order valence-electron chi connectivity index (χ1n) is 7.10. The van der Waals surface area contributed by atoms with E-state index in [2.05, 4.69) is 33.8 Å². The summed E-state index contributed by atoms with van der Waals surface area (Å²) in [6.07, 6.45) is 10.9. The van der Waals surface area contributed by atoms with Gasteiger partial charge in [0.15, 0.2) is 0 Å². The molecular weight excluding hydrogens is 262 g/mol. The van der Waals surface area contributed by atoms with Crippen LogP contribution in [0.15, 0.2) is 43.0 Å². The zero-order chi connectivity index (χ0) is 14.9. The van der Waals surface area contributed by atoms with Crippen molar-refractivity contribution in [3.8, 4) is 18.1 Å². The van der Waals surface area contributed by atoms with Gasteiger partial charge in [-0.2, -0.15) is 0 Å². The van der Waals surface area contributed by atoms with Gasteiger partial charge in [-0.25, -0.2) is 4.98 Å². The average molecular weight is 283 g/mol. The highest BCUT2D eigenvalue weighted by Crippen LogP contribution is 2.17. The third kappa shape index (κ3) is 4.97. The van der Waals surface area contributed by atoms with Gasteiger partial charge >= 0.3 is 0 Å². The van der Waals surface area contributed by atoms with Gasteiger partial charge < -0.3 is 14.6 Å². The van der Waals surface area contributed by atoms with E-state index in [1.54, 1.807) is 6.20 Å². The number of terminal acetylenes is 1. The van der Waals surface area contributed by atoms with Crippen LogP contribution in [0.4, 0.5) is 0 Å². The third-order valence-electron chi connectivity index (χ3n) is 3.17. The second-order valence-corrected chi connectivity index (χ2v) is 5.10. The maximum Gasteiger partial charge on any atom is 0.148 e. The molecule has 0 spiro atoms. The lowest BCUT2D eigenvalue weighted by atomic mass is 10.1. The van der Waals surface area contributed by atoms with E-state index >= 15 is 0 Å². The van der Waals surface area contributed by atoms with E-state index in [9.17, 15) is 0 Å². The largest absolute Gasteiger partial charge is 0.481 e. The van der Waals surface area contributed by atoms with Gasteiger partial charge in [0, 0.05) is 31.0 Å². The molecule has 2 aromatic rings. The molecule has 0 aliphatic carbocycles. The number of nitrogens with one attached hydrogen (secondary N) is 1. The van der Waals surface area contributed by atoms with E-state index in [0.29, 0.717) is 12.5 Å². The second kappa shape index (κ2) is 8.13. The molecule has 1 aromatic carbocycles. The van der Waals surface area contributed by atoms with E-state index in [1.165, 1.54) is 0 Å². The summed E-state index contributed by atoms with van der Waals surface area (Å²) in [5, 5.41) is 3.47. The lowest BCUT2D eigenvalue weighted by molar-refractivity contribution is 0.363. The first-order valence-corrected chi connectivity index (χ1v) is 7.10. The molecule has 0 saturated carbocycles. The van der Waals surface area contributed by atoms with Crippen molar-refractivity contribution >= 4 is 0 Å². The number of aromatic nitrogens is 2. The molecule has 1 N–H and O–H groups in total. The summed E-state index contributed by atoms with van der Waals surface area (Å²) in [6.45, 7) is 5.18. The fraction of sp³-hybridized carbons (Fsp3) is 0.353. The van der Waals surface area contributed by atoms with E-state index in [-0.39, 0.29) is 0 Å². The molecule has 0 radical (unpaired) electrons. The minimum atomic E-state index is 0.300. The van der Waals surface area contributed by atoms with Crippen LogP contribution in [0, 0.1) is 18.3 Å². The Morgan fingerprint density at radius 1 is 1.43 bits per heavy atom. The van der Waals surface area contributed by atoms with Crippen LogP contribution in [0.5, 0.6) is 5.75 Å². The predicted molar refractivity (Wildman–Crippen MR) is 83.9 cm³/mol. The maximum atomic E-state index is 5.54. The Bertz CT molecular complexity index is 572. The number of ether oxygens (including phenoxy) is 1. The molecule has 21 heavy (non-hydrogen) atoms. The van der Waals surface area contributed by atoms with Crippen LogP contribution < -0.4 is 10.1 Å². The van der Waals surface area contributed by atoms with Crippen LogP contribution in [0.2, 0.25) is 0 Å². The van der Waals surface area contributed by atoms with Crippen molar-refractivity contribution in [3.63, 3.8) is 0 Å². The Labute approximate surface area is 126 Å². The molecule has 2 rings (SSSR count). The lowest BCUT2D eigenvalue weighted by Crippen LogP contribution is -2.23. The van der Waals surface area contributed by atoms with Gasteiger partial charge in [-0.15, -0.1) is 6.42 Å². The number of hydrogen-bond acceptors (Lipinski definition) is 3.